The second kappa shape index (κ2) is 5.36. The number of alkyl halides is 3. The van der Waals surface area contributed by atoms with Gasteiger partial charge in [0.05, 0.1) is 5.56 Å². The lowest BCUT2D eigenvalue weighted by molar-refractivity contribution is -0.137. The minimum Gasteiger partial charge on any atom is -0.486 e. The number of halogens is 4. The van der Waals surface area contributed by atoms with Gasteiger partial charge in [-0.2, -0.15) is 13.2 Å². The first-order valence-corrected chi connectivity index (χ1v) is 6.40. The Morgan fingerprint density at radius 3 is 2.36 bits per heavy atom. The molecule has 0 aliphatic rings. The first-order chi connectivity index (χ1) is 10.4. The maximum absolute atomic E-state index is 13.0. The Morgan fingerprint density at radius 2 is 1.68 bits per heavy atom. The smallest absolute Gasteiger partial charge is 0.416 e. The molecule has 0 aliphatic heterocycles. The summed E-state index contributed by atoms with van der Waals surface area (Å²) in [5.74, 6) is 0.345. The first kappa shape index (κ1) is 14.4. The molecule has 3 rings (SSSR count). The third kappa shape index (κ3) is 3.05. The van der Waals surface area contributed by atoms with Gasteiger partial charge in [-0.05, 0) is 42.5 Å². The Morgan fingerprint density at radius 1 is 0.955 bits per heavy atom. The van der Waals surface area contributed by atoms with Gasteiger partial charge in [-0.25, -0.2) is 4.39 Å². The van der Waals surface area contributed by atoms with Crippen LogP contribution in [0.4, 0.5) is 17.6 Å². The van der Waals surface area contributed by atoms with Crippen molar-refractivity contribution in [3.05, 3.63) is 65.7 Å². The van der Waals surface area contributed by atoms with Crippen molar-refractivity contribution < 1.29 is 26.7 Å². The van der Waals surface area contributed by atoms with E-state index in [4.69, 9.17) is 9.15 Å². The summed E-state index contributed by atoms with van der Waals surface area (Å²) in [6, 6.07) is 10.2. The van der Waals surface area contributed by atoms with E-state index in [2.05, 4.69) is 0 Å². The summed E-state index contributed by atoms with van der Waals surface area (Å²) >= 11 is 0. The Labute approximate surface area is 122 Å². The number of rotatable bonds is 3. The van der Waals surface area contributed by atoms with Gasteiger partial charge in [0.15, 0.2) is 0 Å². The van der Waals surface area contributed by atoms with Crippen molar-refractivity contribution >= 4 is 11.0 Å². The lowest BCUT2D eigenvalue weighted by Crippen LogP contribution is -2.04. The molecule has 0 bridgehead atoms. The highest BCUT2D eigenvalue weighted by Crippen LogP contribution is 2.30. The van der Waals surface area contributed by atoms with Gasteiger partial charge < -0.3 is 9.15 Å². The summed E-state index contributed by atoms with van der Waals surface area (Å²) in [6.07, 6.45) is -4.37. The normalized spacial score (nSPS) is 11.8. The van der Waals surface area contributed by atoms with E-state index in [9.17, 15) is 17.6 Å². The van der Waals surface area contributed by atoms with Crippen LogP contribution in [0.15, 0.2) is 52.9 Å². The SMILES string of the molecule is Fc1ccc2cc(COc3ccc(C(F)(F)F)cc3)oc2c1. The van der Waals surface area contributed by atoms with Gasteiger partial charge in [-0.3, -0.25) is 0 Å². The van der Waals surface area contributed by atoms with E-state index in [0.29, 0.717) is 17.1 Å². The van der Waals surface area contributed by atoms with Gasteiger partial charge in [0.25, 0.3) is 0 Å². The van der Waals surface area contributed by atoms with Gasteiger partial charge >= 0.3 is 6.18 Å². The van der Waals surface area contributed by atoms with E-state index in [0.717, 1.165) is 17.5 Å². The average molecular weight is 310 g/mol. The number of benzene rings is 2. The molecule has 0 spiro atoms. The number of hydrogen-bond donors (Lipinski definition) is 0. The van der Waals surface area contributed by atoms with Crippen LogP contribution >= 0.6 is 0 Å². The highest BCUT2D eigenvalue weighted by atomic mass is 19.4. The predicted octanol–water partition coefficient (Wildman–Crippen LogP) is 5.17. The van der Waals surface area contributed by atoms with Gasteiger partial charge in [-0.1, -0.05) is 0 Å². The topological polar surface area (TPSA) is 22.4 Å². The van der Waals surface area contributed by atoms with Gasteiger partial charge in [0, 0.05) is 11.5 Å². The van der Waals surface area contributed by atoms with Crippen molar-refractivity contribution in [2.24, 2.45) is 0 Å². The van der Waals surface area contributed by atoms with Crippen molar-refractivity contribution in [1.29, 1.82) is 0 Å². The molecule has 6 heteroatoms. The molecule has 0 amide bonds. The van der Waals surface area contributed by atoms with Gasteiger partial charge in [0.2, 0.25) is 0 Å². The molecule has 0 N–H and O–H groups in total. The molecule has 22 heavy (non-hydrogen) atoms. The molecule has 0 fully saturated rings. The quantitative estimate of drug-likeness (QED) is 0.623. The largest absolute Gasteiger partial charge is 0.486 e. The third-order valence-electron chi connectivity index (χ3n) is 3.10. The van der Waals surface area contributed by atoms with Crippen LogP contribution in [0.2, 0.25) is 0 Å². The molecule has 0 radical (unpaired) electrons. The molecule has 0 aliphatic carbocycles. The lowest BCUT2D eigenvalue weighted by atomic mass is 10.2. The number of ether oxygens (including phenoxy) is 1. The molecule has 2 nitrogen and oxygen atoms in total. The van der Waals surface area contributed by atoms with Crippen LogP contribution in [0.25, 0.3) is 11.0 Å². The molecule has 1 aromatic heterocycles. The van der Waals surface area contributed by atoms with Crippen molar-refractivity contribution in [3.8, 4) is 5.75 Å². The molecular formula is C16H10F4O2. The van der Waals surface area contributed by atoms with Crippen molar-refractivity contribution in [2.75, 3.05) is 0 Å². The van der Waals surface area contributed by atoms with E-state index in [1.54, 1.807) is 12.1 Å². The second-order valence-corrected chi connectivity index (χ2v) is 4.71. The van der Waals surface area contributed by atoms with Gasteiger partial charge in [0.1, 0.15) is 29.5 Å². The predicted molar refractivity (Wildman–Crippen MR) is 71.9 cm³/mol. The highest BCUT2D eigenvalue weighted by molar-refractivity contribution is 5.77. The van der Waals surface area contributed by atoms with E-state index in [-0.39, 0.29) is 6.61 Å². The van der Waals surface area contributed by atoms with E-state index in [1.807, 2.05) is 0 Å². The number of fused-ring (bicyclic) bond motifs is 1. The summed E-state index contributed by atoms with van der Waals surface area (Å²) in [5.41, 5.74) is -0.343. The second-order valence-electron chi connectivity index (χ2n) is 4.71. The molecular weight excluding hydrogens is 300 g/mol. The van der Waals surface area contributed by atoms with Crippen molar-refractivity contribution in [1.82, 2.24) is 0 Å². The Hall–Kier alpha value is -2.50. The van der Waals surface area contributed by atoms with E-state index < -0.39 is 17.6 Å². The Bertz CT molecular complexity index is 788. The summed E-state index contributed by atoms with van der Waals surface area (Å²) in [7, 11) is 0. The van der Waals surface area contributed by atoms with E-state index >= 15 is 0 Å². The molecule has 1 heterocycles. The monoisotopic (exact) mass is 310 g/mol. The fourth-order valence-electron chi connectivity index (χ4n) is 2.03. The van der Waals surface area contributed by atoms with Crippen LogP contribution in [0.3, 0.4) is 0 Å². The lowest BCUT2D eigenvalue weighted by Gasteiger charge is -2.08. The first-order valence-electron chi connectivity index (χ1n) is 6.40. The number of furan rings is 1. The van der Waals surface area contributed by atoms with Crippen LogP contribution in [0.1, 0.15) is 11.3 Å². The molecule has 3 aromatic rings. The fourth-order valence-corrected chi connectivity index (χ4v) is 2.03. The summed E-state index contributed by atoms with van der Waals surface area (Å²) < 4.78 is 61.1. The molecule has 0 atom stereocenters. The van der Waals surface area contributed by atoms with Crippen molar-refractivity contribution in [2.45, 2.75) is 12.8 Å². The third-order valence-corrected chi connectivity index (χ3v) is 3.10. The zero-order chi connectivity index (χ0) is 15.7. The van der Waals surface area contributed by atoms with Crippen LogP contribution < -0.4 is 4.74 Å². The minimum atomic E-state index is -4.37. The van der Waals surface area contributed by atoms with Crippen LogP contribution in [-0.4, -0.2) is 0 Å². The summed E-state index contributed by atoms with van der Waals surface area (Å²) in [4.78, 5) is 0. The average Bonchev–Trinajstić information content (AvgIpc) is 2.86. The number of hydrogen-bond acceptors (Lipinski definition) is 2. The highest BCUT2D eigenvalue weighted by Gasteiger charge is 2.30. The molecule has 114 valence electrons. The standard InChI is InChI=1S/C16H10F4O2/c17-12-4-1-10-7-14(22-15(10)8-12)9-21-13-5-2-11(3-6-13)16(18,19)20/h1-8H,9H2. The Balaban J connectivity index is 1.71. The van der Waals surface area contributed by atoms with Crippen molar-refractivity contribution in [3.63, 3.8) is 0 Å². The maximum Gasteiger partial charge on any atom is 0.416 e. The summed E-state index contributed by atoms with van der Waals surface area (Å²) in [6.45, 7) is 0.0433. The van der Waals surface area contributed by atoms with Crippen LogP contribution in [0.5, 0.6) is 5.75 Å². The van der Waals surface area contributed by atoms with Crippen LogP contribution in [0, 0.1) is 5.82 Å². The van der Waals surface area contributed by atoms with Crippen LogP contribution in [-0.2, 0) is 12.8 Å². The molecule has 2 aromatic carbocycles. The molecule has 0 unspecified atom stereocenters. The molecule has 0 saturated carbocycles. The minimum absolute atomic E-state index is 0.0433. The Kier molecular flexibility index (Phi) is 3.52. The summed E-state index contributed by atoms with van der Waals surface area (Å²) in [5, 5.41) is 0.729. The molecule has 0 saturated heterocycles. The zero-order valence-corrected chi connectivity index (χ0v) is 11.2. The van der Waals surface area contributed by atoms with E-state index in [1.165, 1.54) is 24.3 Å². The fraction of sp³-hybridized carbons (Fsp3) is 0.125. The zero-order valence-electron chi connectivity index (χ0n) is 11.2. The maximum atomic E-state index is 13.0. The van der Waals surface area contributed by atoms with Gasteiger partial charge in [-0.15, -0.1) is 0 Å².